The van der Waals surface area contributed by atoms with Crippen molar-refractivity contribution in [2.24, 2.45) is 0 Å². The van der Waals surface area contributed by atoms with E-state index in [0.717, 1.165) is 4.90 Å². The lowest BCUT2D eigenvalue weighted by Gasteiger charge is -2.11. The van der Waals surface area contributed by atoms with E-state index in [2.05, 4.69) is 30.7 Å². The molecule has 0 fully saturated rings. The number of methoxy groups -OCH3 is 1. The molecule has 9 heteroatoms. The molecule has 0 bridgehead atoms. The molecule has 4 rings (SSSR count). The van der Waals surface area contributed by atoms with Gasteiger partial charge in [0, 0.05) is 16.7 Å². The number of ether oxygens (including phenoxy) is 1. The van der Waals surface area contributed by atoms with Gasteiger partial charge in [-0.2, -0.15) is 9.61 Å². The second-order valence-electron chi connectivity index (χ2n) is 5.58. The van der Waals surface area contributed by atoms with E-state index in [9.17, 15) is 4.39 Å². The number of terminal acetylenes is 1. The molecule has 0 aliphatic carbocycles. The SMILES string of the molecule is C#Cc1cnc2ncc(-c3cnc(OC)c(NSc4ccc(F)cc4)c3)nn12. The summed E-state index contributed by atoms with van der Waals surface area (Å²) in [6.45, 7) is 0. The Labute approximate surface area is 164 Å². The molecule has 3 heterocycles. The first-order valence-corrected chi connectivity index (χ1v) is 8.90. The van der Waals surface area contributed by atoms with Crippen LogP contribution in [-0.4, -0.2) is 31.7 Å². The lowest BCUT2D eigenvalue weighted by Crippen LogP contribution is -2.01. The van der Waals surface area contributed by atoms with Crippen LogP contribution in [0.1, 0.15) is 5.69 Å². The summed E-state index contributed by atoms with van der Waals surface area (Å²) in [6.07, 6.45) is 10.2. The van der Waals surface area contributed by atoms with Crippen LogP contribution in [-0.2, 0) is 0 Å². The van der Waals surface area contributed by atoms with Crippen molar-refractivity contribution in [1.82, 2.24) is 24.6 Å². The zero-order valence-corrected chi connectivity index (χ0v) is 15.4. The number of anilines is 1. The van der Waals surface area contributed by atoms with Gasteiger partial charge in [0.05, 0.1) is 19.5 Å². The zero-order valence-electron chi connectivity index (χ0n) is 14.6. The number of nitrogens with zero attached hydrogens (tertiary/aromatic N) is 5. The summed E-state index contributed by atoms with van der Waals surface area (Å²) < 4.78 is 23.0. The van der Waals surface area contributed by atoms with Crippen LogP contribution in [0.5, 0.6) is 5.88 Å². The maximum Gasteiger partial charge on any atom is 0.251 e. The number of pyridine rings is 1. The summed E-state index contributed by atoms with van der Waals surface area (Å²) >= 11 is 1.31. The van der Waals surface area contributed by atoms with Crippen LogP contribution in [0.4, 0.5) is 10.1 Å². The topological polar surface area (TPSA) is 77.2 Å². The molecule has 1 N–H and O–H groups in total. The first kappa shape index (κ1) is 17.8. The van der Waals surface area contributed by atoms with Crippen molar-refractivity contribution in [2.75, 3.05) is 11.8 Å². The van der Waals surface area contributed by atoms with Crippen LogP contribution in [0.15, 0.2) is 53.8 Å². The van der Waals surface area contributed by atoms with Crippen LogP contribution in [0, 0.1) is 18.2 Å². The van der Waals surface area contributed by atoms with Gasteiger partial charge in [-0.15, -0.1) is 6.42 Å². The average Bonchev–Trinajstić information content (AvgIpc) is 3.15. The Morgan fingerprint density at radius 3 is 2.68 bits per heavy atom. The monoisotopic (exact) mass is 392 g/mol. The molecule has 3 aromatic heterocycles. The number of rotatable bonds is 5. The van der Waals surface area contributed by atoms with Gasteiger partial charge < -0.3 is 9.46 Å². The van der Waals surface area contributed by atoms with Crippen molar-refractivity contribution in [2.45, 2.75) is 4.90 Å². The molecule has 1 aromatic carbocycles. The number of imidazole rings is 1. The summed E-state index contributed by atoms with van der Waals surface area (Å²) in [5.74, 6) is 3.07. The molecule has 0 spiro atoms. The van der Waals surface area contributed by atoms with E-state index in [1.54, 1.807) is 24.5 Å². The van der Waals surface area contributed by atoms with Crippen molar-refractivity contribution < 1.29 is 9.13 Å². The minimum Gasteiger partial charge on any atom is -0.480 e. The second-order valence-corrected chi connectivity index (χ2v) is 6.46. The summed E-state index contributed by atoms with van der Waals surface area (Å²) in [7, 11) is 1.53. The molecule has 0 radical (unpaired) electrons. The van der Waals surface area contributed by atoms with Crippen LogP contribution in [0.25, 0.3) is 17.0 Å². The minimum absolute atomic E-state index is 0.287. The molecule has 0 saturated carbocycles. The number of hydrogen-bond acceptors (Lipinski definition) is 7. The van der Waals surface area contributed by atoms with Gasteiger partial charge in [-0.05, 0) is 48.2 Å². The van der Waals surface area contributed by atoms with Gasteiger partial charge in [0.25, 0.3) is 5.78 Å². The van der Waals surface area contributed by atoms with E-state index in [1.807, 2.05) is 6.07 Å². The maximum absolute atomic E-state index is 13.1. The predicted octanol–water partition coefficient (Wildman–Crippen LogP) is 3.43. The number of aromatic nitrogens is 5. The lowest BCUT2D eigenvalue weighted by molar-refractivity contribution is 0.400. The van der Waals surface area contributed by atoms with Crippen LogP contribution in [0.3, 0.4) is 0 Å². The number of nitrogens with one attached hydrogen (secondary N) is 1. The molecule has 0 aliphatic rings. The number of halogens is 1. The summed E-state index contributed by atoms with van der Waals surface area (Å²) in [5, 5.41) is 4.49. The smallest absolute Gasteiger partial charge is 0.251 e. The third-order valence-corrected chi connectivity index (χ3v) is 4.64. The van der Waals surface area contributed by atoms with Crippen molar-refractivity contribution in [3.63, 3.8) is 0 Å². The Kier molecular flexibility index (Phi) is 4.78. The fourth-order valence-electron chi connectivity index (χ4n) is 2.45. The van der Waals surface area contributed by atoms with E-state index in [-0.39, 0.29) is 5.82 Å². The molecule has 138 valence electrons. The third kappa shape index (κ3) is 3.45. The second kappa shape index (κ2) is 7.54. The average molecular weight is 392 g/mol. The van der Waals surface area contributed by atoms with Crippen LogP contribution in [0.2, 0.25) is 0 Å². The van der Waals surface area contributed by atoms with Crippen molar-refractivity contribution in [1.29, 1.82) is 0 Å². The van der Waals surface area contributed by atoms with E-state index in [0.29, 0.717) is 34.3 Å². The van der Waals surface area contributed by atoms with E-state index < -0.39 is 0 Å². The highest BCUT2D eigenvalue weighted by Gasteiger charge is 2.11. The predicted molar refractivity (Wildman–Crippen MR) is 104 cm³/mol. The van der Waals surface area contributed by atoms with Crippen molar-refractivity contribution in [3.05, 3.63) is 60.4 Å². The molecule has 0 amide bonds. The largest absolute Gasteiger partial charge is 0.480 e. The summed E-state index contributed by atoms with van der Waals surface area (Å²) in [5.41, 5.74) is 2.44. The van der Waals surface area contributed by atoms with E-state index in [1.165, 1.54) is 41.9 Å². The molecule has 28 heavy (non-hydrogen) atoms. The summed E-state index contributed by atoms with van der Waals surface area (Å²) in [6, 6.07) is 7.99. The molecule has 0 saturated heterocycles. The zero-order chi connectivity index (χ0) is 19.5. The van der Waals surface area contributed by atoms with E-state index in [4.69, 9.17) is 11.2 Å². The highest BCUT2D eigenvalue weighted by molar-refractivity contribution is 8.00. The van der Waals surface area contributed by atoms with Gasteiger partial charge in [-0.25, -0.2) is 19.3 Å². The number of benzene rings is 1. The number of hydrogen-bond donors (Lipinski definition) is 1. The van der Waals surface area contributed by atoms with Crippen molar-refractivity contribution >= 4 is 23.4 Å². The third-order valence-electron chi connectivity index (χ3n) is 3.81. The van der Waals surface area contributed by atoms with Gasteiger partial charge in [-0.3, -0.25) is 0 Å². The maximum atomic E-state index is 13.1. The normalized spacial score (nSPS) is 10.6. The van der Waals surface area contributed by atoms with Crippen molar-refractivity contribution in [3.8, 4) is 29.5 Å². The molecule has 7 nitrogen and oxygen atoms in total. The van der Waals surface area contributed by atoms with Gasteiger partial charge in [0.2, 0.25) is 5.88 Å². The Bertz CT molecular complexity index is 1190. The van der Waals surface area contributed by atoms with Gasteiger partial charge in [0.15, 0.2) is 0 Å². The van der Waals surface area contributed by atoms with Crippen LogP contribution >= 0.6 is 11.9 Å². The molecule has 0 aliphatic heterocycles. The number of fused-ring (bicyclic) bond motifs is 1. The first-order valence-electron chi connectivity index (χ1n) is 8.08. The standard InChI is InChI=1S/C19H13FN6OS/c1-3-14-10-22-19-23-11-17(24-26(14)19)12-8-16(18(27-2)21-9-12)25-28-15-6-4-13(20)5-7-15/h1,4-11,25H,2H3. The fourth-order valence-corrected chi connectivity index (χ4v) is 3.10. The highest BCUT2D eigenvalue weighted by atomic mass is 32.2. The van der Waals surface area contributed by atoms with Gasteiger partial charge in [0.1, 0.15) is 22.9 Å². The van der Waals surface area contributed by atoms with Gasteiger partial charge in [-0.1, -0.05) is 0 Å². The Balaban J connectivity index is 1.66. The summed E-state index contributed by atoms with van der Waals surface area (Å²) in [4.78, 5) is 13.5. The molecular weight excluding hydrogens is 379 g/mol. The highest BCUT2D eigenvalue weighted by Crippen LogP contribution is 2.31. The quantitative estimate of drug-likeness (QED) is 0.412. The molecule has 4 aromatic rings. The first-order chi connectivity index (χ1) is 13.7. The molecule has 0 atom stereocenters. The minimum atomic E-state index is -0.287. The molecule has 0 unspecified atom stereocenters. The van der Waals surface area contributed by atoms with Gasteiger partial charge >= 0.3 is 0 Å². The van der Waals surface area contributed by atoms with Crippen LogP contribution < -0.4 is 9.46 Å². The lowest BCUT2D eigenvalue weighted by atomic mass is 10.2. The Morgan fingerprint density at radius 1 is 1.14 bits per heavy atom. The Hall–Kier alpha value is -3.64. The fraction of sp³-hybridized carbons (Fsp3) is 0.0526. The molecular formula is C19H13FN6OS. The van der Waals surface area contributed by atoms with E-state index >= 15 is 0 Å². The Morgan fingerprint density at radius 2 is 1.93 bits per heavy atom.